The lowest BCUT2D eigenvalue weighted by Gasteiger charge is -2.07. The van der Waals surface area contributed by atoms with Gasteiger partial charge in [-0.3, -0.25) is 4.40 Å². The van der Waals surface area contributed by atoms with Crippen molar-refractivity contribution in [3.8, 4) is 0 Å². The minimum atomic E-state index is 0.566. The first-order chi connectivity index (χ1) is 7.36. The molecular weight excluding hydrogens is 256 g/mol. The van der Waals surface area contributed by atoms with Crippen molar-refractivity contribution in [1.29, 1.82) is 0 Å². The maximum atomic E-state index is 4.41. The highest BCUT2D eigenvalue weighted by molar-refractivity contribution is 9.10. The molecule has 1 unspecified atom stereocenters. The normalized spacial score (nSPS) is 21.3. The number of aromatic nitrogens is 3. The minimum Gasteiger partial charge on any atom is -0.316 e. The predicted molar refractivity (Wildman–Crippen MR) is 60.9 cm³/mol. The van der Waals surface area contributed by atoms with Crippen molar-refractivity contribution in [3.63, 3.8) is 0 Å². The van der Waals surface area contributed by atoms with E-state index < -0.39 is 0 Å². The molecule has 0 bridgehead atoms. The maximum Gasteiger partial charge on any atom is 0.154 e. The second-order valence-corrected chi connectivity index (χ2v) is 4.66. The van der Waals surface area contributed by atoms with E-state index in [1.165, 1.54) is 12.1 Å². The van der Waals surface area contributed by atoms with Gasteiger partial charge in [-0.25, -0.2) is 9.97 Å². The van der Waals surface area contributed by atoms with E-state index in [2.05, 4.69) is 35.6 Å². The number of nitrogens with zero attached hydrogens (tertiary/aromatic N) is 3. The van der Waals surface area contributed by atoms with Gasteiger partial charge in [-0.15, -0.1) is 0 Å². The zero-order chi connectivity index (χ0) is 10.3. The first-order valence-corrected chi connectivity index (χ1v) is 5.83. The molecule has 0 amide bonds. The Morgan fingerprint density at radius 3 is 3.20 bits per heavy atom. The lowest BCUT2D eigenvalue weighted by Crippen LogP contribution is -2.09. The number of hydrogen-bond donors (Lipinski definition) is 1. The van der Waals surface area contributed by atoms with Gasteiger partial charge in [0.05, 0.1) is 4.47 Å². The van der Waals surface area contributed by atoms with Gasteiger partial charge in [0, 0.05) is 30.6 Å². The zero-order valence-electron chi connectivity index (χ0n) is 8.15. The molecule has 4 nitrogen and oxygen atoms in total. The van der Waals surface area contributed by atoms with Crippen LogP contribution in [0.2, 0.25) is 0 Å². The molecule has 0 aromatic carbocycles. The van der Waals surface area contributed by atoms with E-state index in [1.807, 2.05) is 12.5 Å². The van der Waals surface area contributed by atoms with Crippen LogP contribution in [0.4, 0.5) is 0 Å². The first kappa shape index (κ1) is 9.30. The third-order valence-corrected chi connectivity index (χ3v) is 3.45. The number of hydrogen-bond acceptors (Lipinski definition) is 3. The monoisotopic (exact) mass is 266 g/mol. The molecule has 1 aliphatic rings. The quantitative estimate of drug-likeness (QED) is 0.852. The molecule has 2 aromatic heterocycles. The van der Waals surface area contributed by atoms with Gasteiger partial charge in [-0.05, 0) is 28.9 Å². The van der Waals surface area contributed by atoms with E-state index in [-0.39, 0.29) is 0 Å². The van der Waals surface area contributed by atoms with Gasteiger partial charge in [-0.2, -0.15) is 0 Å². The van der Waals surface area contributed by atoms with Crippen molar-refractivity contribution in [2.24, 2.45) is 0 Å². The molecule has 0 spiro atoms. The van der Waals surface area contributed by atoms with Crippen LogP contribution in [0.3, 0.4) is 0 Å². The second kappa shape index (κ2) is 3.57. The van der Waals surface area contributed by atoms with Crippen molar-refractivity contribution in [2.45, 2.75) is 12.3 Å². The summed E-state index contributed by atoms with van der Waals surface area (Å²) >= 11 is 3.46. The van der Waals surface area contributed by atoms with E-state index in [4.69, 9.17) is 0 Å². The number of halogens is 1. The summed E-state index contributed by atoms with van der Waals surface area (Å²) in [6.45, 7) is 2.14. The van der Waals surface area contributed by atoms with Crippen LogP contribution in [-0.2, 0) is 0 Å². The van der Waals surface area contributed by atoms with Gasteiger partial charge < -0.3 is 5.32 Å². The Balaban J connectivity index is 2.15. The van der Waals surface area contributed by atoms with Crippen molar-refractivity contribution in [2.75, 3.05) is 13.1 Å². The highest BCUT2D eigenvalue weighted by atomic mass is 79.9. The Morgan fingerprint density at radius 2 is 2.40 bits per heavy atom. The summed E-state index contributed by atoms with van der Waals surface area (Å²) in [6.07, 6.45) is 6.75. The van der Waals surface area contributed by atoms with Crippen molar-refractivity contribution in [1.82, 2.24) is 19.7 Å². The van der Waals surface area contributed by atoms with Crippen molar-refractivity contribution < 1.29 is 0 Å². The fraction of sp³-hybridized carbons (Fsp3) is 0.400. The molecule has 78 valence electrons. The van der Waals surface area contributed by atoms with Gasteiger partial charge >= 0.3 is 0 Å². The van der Waals surface area contributed by atoms with Gasteiger partial charge in [0.25, 0.3) is 0 Å². The molecule has 1 atom stereocenters. The summed E-state index contributed by atoms with van der Waals surface area (Å²) < 4.78 is 3.02. The van der Waals surface area contributed by atoms with Crippen LogP contribution in [0.15, 0.2) is 23.2 Å². The van der Waals surface area contributed by atoms with Crippen molar-refractivity contribution in [3.05, 3.63) is 28.9 Å². The van der Waals surface area contributed by atoms with E-state index in [0.717, 1.165) is 23.2 Å². The van der Waals surface area contributed by atoms with E-state index in [0.29, 0.717) is 5.92 Å². The third kappa shape index (κ3) is 1.46. The fourth-order valence-electron chi connectivity index (χ4n) is 2.10. The molecule has 1 fully saturated rings. The molecule has 0 radical (unpaired) electrons. The third-order valence-electron chi connectivity index (χ3n) is 2.89. The molecule has 0 aliphatic carbocycles. The molecule has 2 aromatic rings. The van der Waals surface area contributed by atoms with Crippen LogP contribution in [0.1, 0.15) is 18.0 Å². The van der Waals surface area contributed by atoms with E-state index in [1.54, 1.807) is 6.20 Å². The number of imidazole rings is 1. The molecular formula is C10H11BrN4. The van der Waals surface area contributed by atoms with Crippen LogP contribution in [-0.4, -0.2) is 27.5 Å². The average molecular weight is 267 g/mol. The van der Waals surface area contributed by atoms with Crippen LogP contribution in [0.25, 0.3) is 5.65 Å². The summed E-state index contributed by atoms with van der Waals surface area (Å²) in [4.78, 5) is 8.58. The summed E-state index contributed by atoms with van der Waals surface area (Å²) in [7, 11) is 0. The first-order valence-electron chi connectivity index (χ1n) is 5.03. The second-order valence-electron chi connectivity index (χ2n) is 3.81. The molecule has 15 heavy (non-hydrogen) atoms. The van der Waals surface area contributed by atoms with E-state index in [9.17, 15) is 0 Å². The SMILES string of the molecule is Brc1cncn2c(C3CCNC3)cnc12. The molecule has 3 heterocycles. The molecule has 1 saturated heterocycles. The minimum absolute atomic E-state index is 0.566. The van der Waals surface area contributed by atoms with Crippen molar-refractivity contribution >= 4 is 21.6 Å². The molecule has 1 N–H and O–H groups in total. The van der Waals surface area contributed by atoms with E-state index >= 15 is 0 Å². The van der Waals surface area contributed by atoms with Gasteiger partial charge in [0.2, 0.25) is 0 Å². The maximum absolute atomic E-state index is 4.41. The number of fused-ring (bicyclic) bond motifs is 1. The molecule has 5 heteroatoms. The Hall–Kier alpha value is -0.940. The number of nitrogens with one attached hydrogen (secondary N) is 1. The number of rotatable bonds is 1. The molecule has 1 aliphatic heterocycles. The van der Waals surface area contributed by atoms with Crippen LogP contribution >= 0.6 is 15.9 Å². The zero-order valence-corrected chi connectivity index (χ0v) is 9.74. The molecule has 3 rings (SSSR count). The predicted octanol–water partition coefficient (Wildman–Crippen LogP) is 1.57. The average Bonchev–Trinajstić information content (AvgIpc) is 2.85. The van der Waals surface area contributed by atoms with Crippen LogP contribution < -0.4 is 5.32 Å². The smallest absolute Gasteiger partial charge is 0.154 e. The van der Waals surface area contributed by atoms with Gasteiger partial charge in [0.1, 0.15) is 6.33 Å². The largest absolute Gasteiger partial charge is 0.316 e. The fourth-order valence-corrected chi connectivity index (χ4v) is 2.52. The molecule has 0 saturated carbocycles. The lowest BCUT2D eigenvalue weighted by molar-refractivity contribution is 0.722. The van der Waals surface area contributed by atoms with Gasteiger partial charge in [0.15, 0.2) is 5.65 Å². The summed E-state index contributed by atoms with van der Waals surface area (Å²) in [6, 6.07) is 0. The van der Waals surface area contributed by atoms with Gasteiger partial charge in [-0.1, -0.05) is 0 Å². The van der Waals surface area contributed by atoms with Crippen LogP contribution in [0.5, 0.6) is 0 Å². The summed E-state index contributed by atoms with van der Waals surface area (Å²) in [5, 5.41) is 3.37. The summed E-state index contributed by atoms with van der Waals surface area (Å²) in [5.41, 5.74) is 2.20. The van der Waals surface area contributed by atoms with Crippen LogP contribution in [0, 0.1) is 0 Å². The Kier molecular flexibility index (Phi) is 2.21. The Labute approximate surface area is 95.9 Å². The Morgan fingerprint density at radius 1 is 1.47 bits per heavy atom. The summed E-state index contributed by atoms with van der Waals surface area (Å²) in [5.74, 6) is 0.566. The Bertz CT molecular complexity index is 487. The highest BCUT2D eigenvalue weighted by Crippen LogP contribution is 2.25. The lowest BCUT2D eigenvalue weighted by atomic mass is 10.1. The highest BCUT2D eigenvalue weighted by Gasteiger charge is 2.20. The topological polar surface area (TPSA) is 42.2 Å². The standard InChI is InChI=1S/C10H11BrN4/c11-8-4-13-6-15-9(5-14-10(8)15)7-1-2-12-3-7/h4-7,12H,1-3H2.